The van der Waals surface area contributed by atoms with Crippen LogP contribution in [0, 0.1) is 5.92 Å². The smallest absolute Gasteiger partial charge is 0.324 e. The SMILES string of the molecule is CC1CCN(CC(=O)N2CCNC2=O)C(c2ccco2)C1. The van der Waals surface area contributed by atoms with E-state index in [2.05, 4.69) is 17.1 Å². The molecule has 3 heterocycles. The van der Waals surface area contributed by atoms with Crippen molar-refractivity contribution < 1.29 is 14.0 Å². The zero-order valence-electron chi connectivity index (χ0n) is 12.2. The Labute approximate surface area is 124 Å². The Balaban J connectivity index is 1.70. The van der Waals surface area contributed by atoms with Gasteiger partial charge in [-0.3, -0.25) is 14.6 Å². The largest absolute Gasteiger partial charge is 0.468 e. The van der Waals surface area contributed by atoms with Crippen molar-refractivity contribution >= 4 is 11.9 Å². The van der Waals surface area contributed by atoms with Crippen LogP contribution in [0.5, 0.6) is 0 Å². The number of furan rings is 1. The van der Waals surface area contributed by atoms with Gasteiger partial charge in [0.15, 0.2) is 0 Å². The number of urea groups is 1. The number of nitrogens with zero attached hydrogens (tertiary/aromatic N) is 2. The summed E-state index contributed by atoms with van der Waals surface area (Å²) in [6, 6.07) is 3.68. The molecular weight excluding hydrogens is 270 g/mol. The molecule has 114 valence electrons. The molecule has 1 aromatic rings. The second kappa shape index (κ2) is 5.89. The molecule has 3 rings (SSSR count). The Morgan fingerprint density at radius 2 is 2.33 bits per heavy atom. The van der Waals surface area contributed by atoms with E-state index in [9.17, 15) is 9.59 Å². The van der Waals surface area contributed by atoms with Crippen LogP contribution >= 0.6 is 0 Å². The third kappa shape index (κ3) is 2.95. The van der Waals surface area contributed by atoms with Gasteiger partial charge in [-0.05, 0) is 37.4 Å². The minimum Gasteiger partial charge on any atom is -0.468 e. The Bertz CT molecular complexity index is 514. The van der Waals surface area contributed by atoms with Crippen molar-refractivity contribution in [1.29, 1.82) is 0 Å². The van der Waals surface area contributed by atoms with Crippen LogP contribution in [0.15, 0.2) is 22.8 Å². The first-order valence-corrected chi connectivity index (χ1v) is 7.51. The third-order valence-electron chi connectivity index (χ3n) is 4.34. The maximum atomic E-state index is 12.3. The van der Waals surface area contributed by atoms with Gasteiger partial charge in [0.2, 0.25) is 5.91 Å². The van der Waals surface area contributed by atoms with E-state index in [1.807, 2.05) is 12.1 Å². The summed E-state index contributed by atoms with van der Waals surface area (Å²) in [5.41, 5.74) is 0. The molecule has 0 spiro atoms. The molecule has 2 aliphatic heterocycles. The molecule has 2 unspecified atom stereocenters. The van der Waals surface area contributed by atoms with E-state index < -0.39 is 0 Å². The molecule has 0 radical (unpaired) electrons. The normalized spacial score (nSPS) is 26.9. The van der Waals surface area contributed by atoms with Crippen LogP contribution in [0.4, 0.5) is 4.79 Å². The van der Waals surface area contributed by atoms with Crippen LogP contribution in [0.1, 0.15) is 31.6 Å². The first-order valence-electron chi connectivity index (χ1n) is 7.51. The van der Waals surface area contributed by atoms with Crippen LogP contribution in [0.25, 0.3) is 0 Å². The summed E-state index contributed by atoms with van der Waals surface area (Å²) in [6.07, 6.45) is 3.71. The highest BCUT2D eigenvalue weighted by molar-refractivity contribution is 5.96. The zero-order chi connectivity index (χ0) is 14.8. The summed E-state index contributed by atoms with van der Waals surface area (Å²) in [6.45, 7) is 4.36. The maximum absolute atomic E-state index is 12.3. The number of carbonyl (C=O) groups is 2. The topological polar surface area (TPSA) is 65.8 Å². The molecule has 0 bridgehead atoms. The number of hydrogen-bond acceptors (Lipinski definition) is 4. The lowest BCUT2D eigenvalue weighted by Crippen LogP contribution is -2.45. The number of imide groups is 1. The standard InChI is InChI=1S/C15H21N3O3/c1-11-4-6-17(12(9-11)13-3-2-8-21-13)10-14(19)18-7-5-16-15(18)20/h2-3,8,11-12H,4-7,9-10H2,1H3,(H,16,20). The van der Waals surface area contributed by atoms with Gasteiger partial charge < -0.3 is 9.73 Å². The van der Waals surface area contributed by atoms with Gasteiger partial charge in [-0.15, -0.1) is 0 Å². The van der Waals surface area contributed by atoms with Crippen LogP contribution in [-0.4, -0.2) is 47.9 Å². The van der Waals surface area contributed by atoms with Gasteiger partial charge in [-0.25, -0.2) is 4.79 Å². The van der Waals surface area contributed by atoms with Gasteiger partial charge in [0, 0.05) is 13.1 Å². The van der Waals surface area contributed by atoms with Crippen LogP contribution < -0.4 is 5.32 Å². The predicted molar refractivity (Wildman–Crippen MR) is 76.5 cm³/mol. The molecule has 1 N–H and O–H groups in total. The number of carbonyl (C=O) groups excluding carboxylic acids is 2. The van der Waals surface area contributed by atoms with Gasteiger partial charge in [-0.1, -0.05) is 6.92 Å². The maximum Gasteiger partial charge on any atom is 0.324 e. The monoisotopic (exact) mass is 291 g/mol. The van der Waals surface area contributed by atoms with Crippen molar-refractivity contribution in [2.75, 3.05) is 26.2 Å². The summed E-state index contributed by atoms with van der Waals surface area (Å²) in [4.78, 5) is 27.3. The van der Waals surface area contributed by atoms with Gasteiger partial charge in [-0.2, -0.15) is 0 Å². The summed E-state index contributed by atoms with van der Waals surface area (Å²) >= 11 is 0. The predicted octanol–water partition coefficient (Wildman–Crippen LogP) is 1.60. The Morgan fingerprint density at radius 3 is 3.00 bits per heavy atom. The lowest BCUT2D eigenvalue weighted by molar-refractivity contribution is -0.130. The van der Waals surface area contributed by atoms with Gasteiger partial charge in [0.1, 0.15) is 5.76 Å². The lowest BCUT2D eigenvalue weighted by Gasteiger charge is -2.37. The first kappa shape index (κ1) is 14.1. The summed E-state index contributed by atoms with van der Waals surface area (Å²) in [5.74, 6) is 1.39. The van der Waals surface area contributed by atoms with Crippen LogP contribution in [0.2, 0.25) is 0 Å². The van der Waals surface area contributed by atoms with E-state index in [1.165, 1.54) is 4.90 Å². The summed E-state index contributed by atoms with van der Waals surface area (Å²) in [7, 11) is 0. The molecular formula is C15H21N3O3. The molecule has 0 aliphatic carbocycles. The molecule has 0 saturated carbocycles. The highest BCUT2D eigenvalue weighted by atomic mass is 16.3. The minimum absolute atomic E-state index is 0.123. The fourth-order valence-electron chi connectivity index (χ4n) is 3.12. The highest BCUT2D eigenvalue weighted by Gasteiger charge is 2.33. The van der Waals surface area contributed by atoms with Gasteiger partial charge in [0.05, 0.1) is 18.8 Å². The second-order valence-electron chi connectivity index (χ2n) is 5.91. The zero-order valence-corrected chi connectivity index (χ0v) is 12.2. The molecule has 2 fully saturated rings. The van der Waals surface area contributed by atoms with Crippen molar-refractivity contribution in [3.05, 3.63) is 24.2 Å². The van der Waals surface area contributed by atoms with E-state index in [1.54, 1.807) is 6.26 Å². The van der Waals surface area contributed by atoms with Crippen molar-refractivity contribution in [3.8, 4) is 0 Å². The average Bonchev–Trinajstić information content (AvgIpc) is 3.11. The first-order chi connectivity index (χ1) is 10.1. The number of amides is 3. The van der Waals surface area contributed by atoms with E-state index in [4.69, 9.17) is 4.42 Å². The Morgan fingerprint density at radius 1 is 1.48 bits per heavy atom. The van der Waals surface area contributed by atoms with E-state index in [0.717, 1.165) is 25.1 Å². The molecule has 0 aromatic carbocycles. The highest BCUT2D eigenvalue weighted by Crippen LogP contribution is 2.34. The van der Waals surface area contributed by atoms with Crippen LogP contribution in [0.3, 0.4) is 0 Å². The van der Waals surface area contributed by atoms with E-state index in [0.29, 0.717) is 19.0 Å². The molecule has 6 nitrogen and oxygen atoms in total. The fourth-order valence-corrected chi connectivity index (χ4v) is 3.12. The second-order valence-corrected chi connectivity index (χ2v) is 5.91. The Kier molecular flexibility index (Phi) is 3.96. The number of piperidine rings is 1. The fraction of sp³-hybridized carbons (Fsp3) is 0.600. The molecule has 21 heavy (non-hydrogen) atoms. The number of nitrogens with one attached hydrogen (secondary N) is 1. The van der Waals surface area contributed by atoms with Crippen LogP contribution in [-0.2, 0) is 4.79 Å². The lowest BCUT2D eigenvalue weighted by atomic mass is 9.91. The third-order valence-corrected chi connectivity index (χ3v) is 4.34. The number of hydrogen-bond donors (Lipinski definition) is 1. The number of rotatable bonds is 3. The molecule has 3 amide bonds. The van der Waals surface area contributed by atoms with Crippen molar-refractivity contribution in [3.63, 3.8) is 0 Å². The van der Waals surface area contributed by atoms with E-state index in [-0.39, 0.29) is 24.5 Å². The molecule has 1 aromatic heterocycles. The molecule has 6 heteroatoms. The van der Waals surface area contributed by atoms with Gasteiger partial charge >= 0.3 is 6.03 Å². The quantitative estimate of drug-likeness (QED) is 0.918. The molecule has 2 atom stereocenters. The van der Waals surface area contributed by atoms with Crippen molar-refractivity contribution in [2.24, 2.45) is 5.92 Å². The molecule has 2 saturated heterocycles. The van der Waals surface area contributed by atoms with Crippen molar-refractivity contribution in [1.82, 2.24) is 15.1 Å². The van der Waals surface area contributed by atoms with Gasteiger partial charge in [0.25, 0.3) is 0 Å². The average molecular weight is 291 g/mol. The minimum atomic E-state index is -0.278. The van der Waals surface area contributed by atoms with E-state index >= 15 is 0 Å². The summed E-state index contributed by atoms with van der Waals surface area (Å²) in [5, 5.41) is 2.66. The van der Waals surface area contributed by atoms with Crippen molar-refractivity contribution in [2.45, 2.75) is 25.8 Å². The molecule has 2 aliphatic rings. The number of likely N-dealkylation sites (tertiary alicyclic amines) is 1. The summed E-state index contributed by atoms with van der Waals surface area (Å²) < 4.78 is 5.53. The Hall–Kier alpha value is -1.82.